The highest BCUT2D eigenvalue weighted by Gasteiger charge is 2.53. The van der Waals surface area contributed by atoms with Crippen molar-refractivity contribution in [1.29, 1.82) is 0 Å². The van der Waals surface area contributed by atoms with Crippen molar-refractivity contribution in [3.8, 4) is 23.0 Å². The van der Waals surface area contributed by atoms with Gasteiger partial charge in [0.1, 0.15) is 13.2 Å². The lowest BCUT2D eigenvalue weighted by atomic mass is 9.72. The van der Waals surface area contributed by atoms with E-state index in [-0.39, 0.29) is 13.2 Å². The summed E-state index contributed by atoms with van der Waals surface area (Å²) in [5.74, 6) is -6.26. The molecule has 2 heterocycles. The van der Waals surface area contributed by atoms with Gasteiger partial charge >= 0.3 is 23.9 Å². The quantitative estimate of drug-likeness (QED) is 0.261. The summed E-state index contributed by atoms with van der Waals surface area (Å²) >= 11 is 0. The first-order valence-corrected chi connectivity index (χ1v) is 13.0. The Morgan fingerprint density at radius 3 is 1.83 bits per heavy atom. The summed E-state index contributed by atoms with van der Waals surface area (Å²) in [5.41, 5.74) is 2.08. The summed E-state index contributed by atoms with van der Waals surface area (Å²) in [6, 6.07) is 8.93. The molecule has 218 valence electrons. The molecule has 0 aromatic heterocycles. The third-order valence-electron chi connectivity index (χ3n) is 7.84. The molecule has 2 aromatic carbocycles. The van der Waals surface area contributed by atoms with Crippen molar-refractivity contribution in [2.45, 2.75) is 18.3 Å². The number of ether oxygens (including phenoxy) is 8. The second-order valence-electron chi connectivity index (χ2n) is 9.76. The molecule has 0 saturated carbocycles. The van der Waals surface area contributed by atoms with Gasteiger partial charge in [0.05, 0.1) is 28.4 Å². The molecule has 0 N–H and O–H groups in total. The molecular formula is C29H30O12. The number of carbonyl (C=O) groups is 4. The maximum absolute atomic E-state index is 13.3. The number of fused-ring (bicyclic) bond motifs is 3. The molecule has 0 unspecified atom stereocenters. The summed E-state index contributed by atoms with van der Waals surface area (Å²) < 4.78 is 42.8. The molecule has 5 rings (SSSR count). The van der Waals surface area contributed by atoms with Crippen LogP contribution in [0.4, 0.5) is 0 Å². The van der Waals surface area contributed by atoms with Gasteiger partial charge in [-0.05, 0) is 53.3 Å². The van der Waals surface area contributed by atoms with Crippen LogP contribution in [-0.4, -0.2) is 72.3 Å². The molecule has 0 bridgehead atoms. The molecular weight excluding hydrogens is 540 g/mol. The average molecular weight is 571 g/mol. The fourth-order valence-corrected chi connectivity index (χ4v) is 6.07. The summed E-state index contributed by atoms with van der Waals surface area (Å²) in [5, 5.41) is 0. The van der Waals surface area contributed by atoms with Crippen molar-refractivity contribution in [2.24, 2.45) is 17.8 Å². The van der Waals surface area contributed by atoms with Crippen molar-refractivity contribution in [3.05, 3.63) is 47.0 Å². The zero-order valence-electron chi connectivity index (χ0n) is 23.0. The normalized spacial score (nSPS) is 19.9. The van der Waals surface area contributed by atoms with Crippen LogP contribution in [0.25, 0.3) is 0 Å². The molecule has 0 saturated heterocycles. The van der Waals surface area contributed by atoms with Gasteiger partial charge in [0, 0.05) is 11.8 Å². The molecule has 1 aliphatic carbocycles. The van der Waals surface area contributed by atoms with E-state index in [1.54, 1.807) is 24.3 Å². The molecule has 41 heavy (non-hydrogen) atoms. The third-order valence-corrected chi connectivity index (χ3v) is 7.84. The Morgan fingerprint density at radius 2 is 1.24 bits per heavy atom. The van der Waals surface area contributed by atoms with Gasteiger partial charge in [0.25, 0.3) is 0 Å². The largest absolute Gasteiger partial charge is 0.486 e. The van der Waals surface area contributed by atoms with E-state index in [2.05, 4.69) is 0 Å². The van der Waals surface area contributed by atoms with Crippen LogP contribution in [0.5, 0.6) is 23.0 Å². The predicted octanol–water partition coefficient (Wildman–Crippen LogP) is 2.35. The summed E-state index contributed by atoms with van der Waals surface area (Å²) in [6.07, 6.45) is -0.137. The van der Waals surface area contributed by atoms with Crippen LogP contribution >= 0.6 is 0 Å². The lowest BCUT2D eigenvalue weighted by Gasteiger charge is -2.32. The molecule has 0 radical (unpaired) electrons. The van der Waals surface area contributed by atoms with Gasteiger partial charge in [-0.1, -0.05) is 6.07 Å². The second-order valence-corrected chi connectivity index (χ2v) is 9.76. The first-order chi connectivity index (χ1) is 19.8. The number of rotatable bonds is 8. The first kappa shape index (κ1) is 28.1. The number of hydrogen-bond donors (Lipinski definition) is 0. The minimum Gasteiger partial charge on any atom is -0.486 e. The molecule has 12 nitrogen and oxygen atoms in total. The van der Waals surface area contributed by atoms with Gasteiger partial charge in [-0.2, -0.15) is 0 Å². The first-order valence-electron chi connectivity index (χ1n) is 13.0. The van der Waals surface area contributed by atoms with Crippen LogP contribution in [0.2, 0.25) is 0 Å². The number of carbonyl (C=O) groups excluding carboxylic acids is 4. The Kier molecular flexibility index (Phi) is 7.91. The SMILES string of the molecule is COC(=O)C(C[C@@H]1c2cc3c(cc2[C@@H](c2ccc4c(c2)OCCO4)[C@@H]1C(C(=O)OC)C(=O)OC)OCO3)C(=O)OC. The smallest absolute Gasteiger partial charge is 0.320 e. The van der Waals surface area contributed by atoms with Gasteiger partial charge in [-0.3, -0.25) is 19.2 Å². The van der Waals surface area contributed by atoms with E-state index in [9.17, 15) is 19.2 Å². The highest BCUT2D eigenvalue weighted by Crippen LogP contribution is 2.58. The Labute approximate surface area is 235 Å². The fraction of sp³-hybridized carbons (Fsp3) is 0.448. The van der Waals surface area contributed by atoms with Crippen molar-refractivity contribution < 1.29 is 57.1 Å². The number of esters is 4. The molecule has 3 aliphatic rings. The topological polar surface area (TPSA) is 142 Å². The molecule has 0 fully saturated rings. The summed E-state index contributed by atoms with van der Waals surface area (Å²) in [6.45, 7) is 0.776. The van der Waals surface area contributed by atoms with E-state index in [1.807, 2.05) is 6.07 Å². The second kappa shape index (κ2) is 11.6. The monoisotopic (exact) mass is 570 g/mol. The molecule has 3 atom stereocenters. The van der Waals surface area contributed by atoms with E-state index in [4.69, 9.17) is 37.9 Å². The van der Waals surface area contributed by atoms with Crippen LogP contribution in [0, 0.1) is 17.8 Å². The highest BCUT2D eigenvalue weighted by atomic mass is 16.7. The van der Waals surface area contributed by atoms with Crippen LogP contribution in [0.3, 0.4) is 0 Å². The molecule has 0 spiro atoms. The maximum atomic E-state index is 13.3. The van der Waals surface area contributed by atoms with E-state index >= 15 is 0 Å². The molecule has 2 aromatic rings. The maximum Gasteiger partial charge on any atom is 0.320 e. The number of benzene rings is 2. The highest BCUT2D eigenvalue weighted by molar-refractivity contribution is 5.96. The van der Waals surface area contributed by atoms with E-state index < -0.39 is 53.5 Å². The number of methoxy groups -OCH3 is 4. The summed E-state index contributed by atoms with van der Waals surface area (Å²) in [7, 11) is 4.69. The zero-order chi connectivity index (χ0) is 29.3. The lowest BCUT2D eigenvalue weighted by molar-refractivity contribution is -0.162. The zero-order valence-corrected chi connectivity index (χ0v) is 23.0. The van der Waals surface area contributed by atoms with Gasteiger partial charge in [-0.15, -0.1) is 0 Å². The minimum atomic E-state index is -1.42. The molecule has 12 heteroatoms. The van der Waals surface area contributed by atoms with Crippen molar-refractivity contribution in [2.75, 3.05) is 48.4 Å². The Hall–Kier alpha value is -4.48. The fourth-order valence-electron chi connectivity index (χ4n) is 6.07. The Balaban J connectivity index is 1.74. The average Bonchev–Trinajstić information content (AvgIpc) is 3.59. The van der Waals surface area contributed by atoms with Gasteiger partial charge in [0.15, 0.2) is 34.8 Å². The predicted molar refractivity (Wildman–Crippen MR) is 138 cm³/mol. The van der Waals surface area contributed by atoms with Crippen LogP contribution in [-0.2, 0) is 38.1 Å². The molecule has 0 amide bonds. The minimum absolute atomic E-state index is 0.0148. The van der Waals surface area contributed by atoms with Crippen LogP contribution in [0.15, 0.2) is 30.3 Å². The number of hydrogen-bond acceptors (Lipinski definition) is 12. The van der Waals surface area contributed by atoms with E-state index in [0.29, 0.717) is 52.9 Å². The van der Waals surface area contributed by atoms with E-state index in [0.717, 1.165) is 0 Å². The van der Waals surface area contributed by atoms with Gasteiger partial charge < -0.3 is 37.9 Å². The van der Waals surface area contributed by atoms with Gasteiger partial charge in [-0.25, -0.2) is 0 Å². The van der Waals surface area contributed by atoms with Crippen LogP contribution in [0.1, 0.15) is 34.9 Å². The van der Waals surface area contributed by atoms with Crippen molar-refractivity contribution in [1.82, 2.24) is 0 Å². The third kappa shape index (κ3) is 4.98. The van der Waals surface area contributed by atoms with Gasteiger partial charge in [0.2, 0.25) is 6.79 Å². The lowest BCUT2D eigenvalue weighted by Crippen LogP contribution is -2.39. The van der Waals surface area contributed by atoms with E-state index in [1.165, 1.54) is 28.4 Å². The summed E-state index contributed by atoms with van der Waals surface area (Å²) in [4.78, 5) is 52.1. The van der Waals surface area contributed by atoms with Crippen molar-refractivity contribution >= 4 is 23.9 Å². The molecule has 2 aliphatic heterocycles. The standard InChI is InChI=1S/C29H30O12/c1-34-26(30)18(27(31)35-2)10-16-15-11-21-22(41-13-40-21)12-17(15)23(24(16)25(28(32)36-3)29(33)37-4)14-5-6-19-20(9-14)39-8-7-38-19/h5-6,9,11-12,16,18,23-25H,7-8,10,13H2,1-4H3/t16-,23-,24-/m1/s1. The Bertz CT molecular complexity index is 1340. The Morgan fingerprint density at radius 1 is 0.707 bits per heavy atom. The van der Waals surface area contributed by atoms with Crippen molar-refractivity contribution in [3.63, 3.8) is 0 Å². The van der Waals surface area contributed by atoms with Crippen LogP contribution < -0.4 is 18.9 Å².